The summed E-state index contributed by atoms with van der Waals surface area (Å²) < 4.78 is 24.0. The molecule has 206 valence electrons. The summed E-state index contributed by atoms with van der Waals surface area (Å²) in [5, 5.41) is 0. The lowest BCUT2D eigenvalue weighted by molar-refractivity contribution is 0.460. The topological polar surface area (TPSA) is 36.9 Å². The van der Waals surface area contributed by atoms with Crippen LogP contribution in [0.4, 0.5) is 0 Å². The van der Waals surface area contributed by atoms with Gasteiger partial charge in [-0.1, -0.05) is 65.7 Å². The minimum atomic E-state index is 0.712. The van der Waals surface area contributed by atoms with E-state index in [-0.39, 0.29) is 0 Å². The van der Waals surface area contributed by atoms with Crippen LogP contribution in [-0.2, 0) is 0 Å². The highest BCUT2D eigenvalue weighted by atomic mass is 16.5. The van der Waals surface area contributed by atoms with Crippen molar-refractivity contribution in [2.24, 2.45) is 0 Å². The fourth-order valence-electron chi connectivity index (χ4n) is 4.36. The molecule has 0 saturated heterocycles. The Morgan fingerprint density at radius 2 is 0.548 bits per heavy atom. The van der Waals surface area contributed by atoms with Gasteiger partial charge in [0.2, 0.25) is 0 Å². The predicted molar refractivity (Wildman–Crippen MR) is 167 cm³/mol. The fraction of sp³-hybridized carbons (Fsp3) is 0.0526. The Morgan fingerprint density at radius 3 is 0.881 bits per heavy atom. The van der Waals surface area contributed by atoms with Crippen LogP contribution in [0.2, 0.25) is 0 Å². The Kier molecular flexibility index (Phi) is 7.87. The van der Waals surface area contributed by atoms with E-state index in [9.17, 15) is 0 Å². The van der Waals surface area contributed by atoms with Crippen LogP contribution in [0.3, 0.4) is 0 Å². The molecule has 0 aliphatic rings. The summed E-state index contributed by atoms with van der Waals surface area (Å²) in [6.45, 7) is 4.11. The molecule has 0 bridgehead atoms. The lowest BCUT2D eigenvalue weighted by Crippen LogP contribution is -1.88. The van der Waals surface area contributed by atoms with Crippen molar-refractivity contribution in [3.05, 3.63) is 157 Å². The lowest BCUT2D eigenvalue weighted by atomic mass is 10.1. The Labute approximate surface area is 246 Å². The van der Waals surface area contributed by atoms with Crippen molar-refractivity contribution in [3.8, 4) is 57.1 Å². The molecular weight excluding hydrogens is 520 g/mol. The monoisotopic (exact) mass is 550 g/mol. The molecule has 4 heteroatoms. The number of rotatable bonds is 9. The molecule has 0 radical (unpaired) electrons. The van der Waals surface area contributed by atoms with E-state index in [0.29, 0.717) is 5.75 Å². The highest BCUT2D eigenvalue weighted by molar-refractivity contribution is 5.65. The van der Waals surface area contributed by atoms with Gasteiger partial charge in [0.05, 0.1) is 0 Å². The Morgan fingerprint density at radius 1 is 0.286 bits per heavy atom. The van der Waals surface area contributed by atoms with Crippen molar-refractivity contribution >= 4 is 0 Å². The molecule has 0 aliphatic heterocycles. The summed E-state index contributed by atoms with van der Waals surface area (Å²) in [4.78, 5) is 0. The zero-order valence-corrected chi connectivity index (χ0v) is 23.5. The van der Waals surface area contributed by atoms with Gasteiger partial charge in [-0.15, -0.1) is 0 Å². The van der Waals surface area contributed by atoms with E-state index in [1.165, 1.54) is 11.1 Å². The van der Waals surface area contributed by atoms with Crippen LogP contribution in [0, 0.1) is 13.8 Å². The summed E-state index contributed by atoms with van der Waals surface area (Å²) in [6.07, 6.45) is 0. The first-order valence-electron chi connectivity index (χ1n) is 13.8. The quantitative estimate of drug-likeness (QED) is 0.179. The molecule has 42 heavy (non-hydrogen) atoms. The van der Waals surface area contributed by atoms with Gasteiger partial charge in [0.1, 0.15) is 46.0 Å². The molecule has 4 nitrogen and oxygen atoms in total. The molecule has 0 aromatic heterocycles. The summed E-state index contributed by atoms with van der Waals surface area (Å²) in [6, 6.07) is 47.3. The van der Waals surface area contributed by atoms with Crippen molar-refractivity contribution < 1.29 is 18.9 Å². The third-order valence-corrected chi connectivity index (χ3v) is 6.66. The van der Waals surface area contributed by atoms with Crippen LogP contribution < -0.4 is 18.9 Å². The van der Waals surface area contributed by atoms with Crippen LogP contribution in [0.15, 0.2) is 146 Å². The van der Waals surface area contributed by atoms with E-state index in [0.717, 1.165) is 51.4 Å². The Balaban J connectivity index is 1.05. The molecule has 0 N–H and O–H groups in total. The van der Waals surface area contributed by atoms with Gasteiger partial charge in [-0.25, -0.2) is 0 Å². The fourth-order valence-corrected chi connectivity index (χ4v) is 4.36. The largest absolute Gasteiger partial charge is 0.457 e. The first kappa shape index (κ1) is 26.7. The predicted octanol–water partition coefficient (Wildman–Crippen LogP) is 11.1. The third kappa shape index (κ3) is 6.98. The van der Waals surface area contributed by atoms with Gasteiger partial charge in [-0.2, -0.15) is 0 Å². The minimum absolute atomic E-state index is 0.712. The average Bonchev–Trinajstić information content (AvgIpc) is 3.02. The van der Waals surface area contributed by atoms with E-state index in [2.05, 4.69) is 13.8 Å². The summed E-state index contributed by atoms with van der Waals surface area (Å²) in [7, 11) is 0. The third-order valence-electron chi connectivity index (χ3n) is 6.66. The smallest absolute Gasteiger partial charge is 0.131 e. The van der Waals surface area contributed by atoms with Gasteiger partial charge >= 0.3 is 0 Å². The van der Waals surface area contributed by atoms with Crippen LogP contribution in [-0.4, -0.2) is 0 Å². The molecule has 0 aliphatic carbocycles. The second-order valence-electron chi connectivity index (χ2n) is 10.0. The first-order valence-corrected chi connectivity index (χ1v) is 13.8. The molecule has 0 fully saturated rings. The van der Waals surface area contributed by atoms with E-state index in [1.807, 2.05) is 146 Å². The molecule has 0 saturated carbocycles. The molecule has 0 spiro atoms. The van der Waals surface area contributed by atoms with Gasteiger partial charge < -0.3 is 18.9 Å². The summed E-state index contributed by atoms with van der Waals surface area (Å²) in [5.41, 5.74) is 4.57. The van der Waals surface area contributed by atoms with Crippen molar-refractivity contribution in [2.45, 2.75) is 13.8 Å². The van der Waals surface area contributed by atoms with E-state index in [4.69, 9.17) is 18.9 Å². The Hall–Kier alpha value is -5.48. The first-order chi connectivity index (χ1) is 20.6. The average molecular weight is 551 g/mol. The maximum absolute atomic E-state index is 6.09. The summed E-state index contributed by atoms with van der Waals surface area (Å²) in [5.74, 6) is 6.05. The number of ether oxygens (including phenoxy) is 4. The van der Waals surface area contributed by atoms with Gasteiger partial charge in [-0.3, -0.25) is 0 Å². The van der Waals surface area contributed by atoms with Crippen molar-refractivity contribution in [1.29, 1.82) is 0 Å². The van der Waals surface area contributed by atoms with E-state index in [1.54, 1.807) is 0 Å². The molecule has 0 unspecified atom stereocenters. The molecule has 6 aromatic rings. The van der Waals surface area contributed by atoms with Gasteiger partial charge in [0, 0.05) is 6.07 Å². The highest BCUT2D eigenvalue weighted by Gasteiger charge is 2.05. The minimum Gasteiger partial charge on any atom is -0.457 e. The highest BCUT2D eigenvalue weighted by Crippen LogP contribution is 2.32. The van der Waals surface area contributed by atoms with Gasteiger partial charge in [0.15, 0.2) is 0 Å². The molecule has 0 atom stereocenters. The normalized spacial score (nSPS) is 10.6. The second-order valence-corrected chi connectivity index (χ2v) is 10.0. The maximum atomic E-state index is 6.09. The number of benzene rings is 6. The Bertz CT molecular complexity index is 1740. The van der Waals surface area contributed by atoms with Crippen LogP contribution in [0.25, 0.3) is 11.1 Å². The van der Waals surface area contributed by atoms with Crippen molar-refractivity contribution in [2.75, 3.05) is 0 Å². The second kappa shape index (κ2) is 12.4. The number of hydrogen-bond donors (Lipinski definition) is 0. The number of aryl methyl sites for hydroxylation is 2. The van der Waals surface area contributed by atoms with Crippen LogP contribution >= 0.6 is 0 Å². The van der Waals surface area contributed by atoms with E-state index < -0.39 is 0 Å². The standard InChI is InChI=1S/C38H30O4/c1-27-6-14-31(15-7-27)39-35-22-24-36(25-23-35)40-33-18-10-29(11-19-33)30-12-20-34(21-13-30)42-38-5-3-4-37(26-38)41-32-16-8-28(2)9-17-32/h3-26H,1-2H3. The van der Waals surface area contributed by atoms with Gasteiger partial charge in [0.25, 0.3) is 0 Å². The SMILES string of the molecule is Cc1ccc(Oc2ccc(Oc3ccc(-c4ccc(Oc5cccc(Oc6ccc(C)cc6)c5)cc4)cc3)cc2)cc1. The summed E-state index contributed by atoms with van der Waals surface area (Å²) >= 11 is 0. The molecule has 0 amide bonds. The molecule has 6 aromatic carbocycles. The van der Waals surface area contributed by atoms with Crippen LogP contribution in [0.5, 0.6) is 46.0 Å². The molecule has 0 heterocycles. The lowest BCUT2D eigenvalue weighted by Gasteiger charge is -2.11. The molecule has 6 rings (SSSR count). The van der Waals surface area contributed by atoms with Crippen molar-refractivity contribution in [3.63, 3.8) is 0 Å². The number of hydrogen-bond acceptors (Lipinski definition) is 4. The van der Waals surface area contributed by atoms with E-state index >= 15 is 0 Å². The van der Waals surface area contributed by atoms with Crippen molar-refractivity contribution in [1.82, 2.24) is 0 Å². The van der Waals surface area contributed by atoms with Crippen LogP contribution in [0.1, 0.15) is 11.1 Å². The van der Waals surface area contributed by atoms with Gasteiger partial charge in [-0.05, 0) is 110 Å². The zero-order chi connectivity index (χ0) is 28.7. The zero-order valence-electron chi connectivity index (χ0n) is 23.5. The molecular formula is C38H30O4. The maximum Gasteiger partial charge on any atom is 0.131 e.